The minimum atomic E-state index is 0.342. The summed E-state index contributed by atoms with van der Waals surface area (Å²) in [4.78, 5) is 6.57. The molecule has 0 fully saturated rings. The van der Waals surface area contributed by atoms with Crippen molar-refractivity contribution in [3.8, 4) is 6.07 Å². The first-order chi connectivity index (χ1) is 10.2. The molecular formula is C15H19ClN4O. The Labute approximate surface area is 129 Å². The Morgan fingerprint density at radius 3 is 2.86 bits per heavy atom. The molecule has 0 aliphatic rings. The van der Waals surface area contributed by atoms with Gasteiger partial charge in [0, 0.05) is 13.1 Å². The molecule has 5 nitrogen and oxygen atoms in total. The number of benzene rings is 1. The monoisotopic (exact) mass is 306 g/mol. The third-order valence-electron chi connectivity index (χ3n) is 3.22. The van der Waals surface area contributed by atoms with E-state index in [0.29, 0.717) is 31.2 Å². The highest BCUT2D eigenvalue weighted by atomic mass is 35.5. The molecule has 0 unspecified atom stereocenters. The fourth-order valence-corrected chi connectivity index (χ4v) is 2.30. The molecule has 1 aromatic heterocycles. The lowest BCUT2D eigenvalue weighted by Gasteiger charge is -2.11. The molecule has 0 radical (unpaired) electrons. The number of likely N-dealkylation sites (N-methyl/N-ethyl adjacent to an activating group) is 1. The van der Waals surface area contributed by atoms with Gasteiger partial charge in [0.05, 0.1) is 41.8 Å². The van der Waals surface area contributed by atoms with Crippen molar-refractivity contribution >= 4 is 22.6 Å². The van der Waals surface area contributed by atoms with Crippen molar-refractivity contribution in [2.24, 2.45) is 0 Å². The van der Waals surface area contributed by atoms with Crippen LogP contribution in [0.1, 0.15) is 11.4 Å². The van der Waals surface area contributed by atoms with E-state index in [9.17, 15) is 0 Å². The van der Waals surface area contributed by atoms with Gasteiger partial charge < -0.3 is 14.2 Å². The maximum Gasteiger partial charge on any atom is 0.124 e. The molecule has 0 saturated carbocycles. The van der Waals surface area contributed by atoms with E-state index in [1.54, 1.807) is 6.07 Å². The lowest BCUT2D eigenvalue weighted by Crippen LogP contribution is -2.19. The van der Waals surface area contributed by atoms with Gasteiger partial charge in [-0.1, -0.05) is 0 Å². The number of hydrogen-bond donors (Lipinski definition) is 0. The zero-order valence-electron chi connectivity index (χ0n) is 12.3. The lowest BCUT2D eigenvalue weighted by atomic mass is 10.2. The quantitative estimate of drug-likeness (QED) is 0.581. The summed E-state index contributed by atoms with van der Waals surface area (Å²) in [6.45, 7) is 2.87. The number of alkyl halides is 1. The summed E-state index contributed by atoms with van der Waals surface area (Å²) in [5.41, 5.74) is 2.41. The Bertz CT molecular complexity index is 645. The van der Waals surface area contributed by atoms with Gasteiger partial charge in [0.15, 0.2) is 0 Å². The molecular weight excluding hydrogens is 288 g/mol. The number of ether oxygens (including phenoxy) is 1. The van der Waals surface area contributed by atoms with Gasteiger partial charge in [-0.05, 0) is 32.3 Å². The van der Waals surface area contributed by atoms with Crippen molar-refractivity contribution < 1.29 is 4.74 Å². The first kappa shape index (κ1) is 15.8. The molecule has 0 spiro atoms. The molecule has 1 aromatic carbocycles. The Hall–Kier alpha value is -1.61. The van der Waals surface area contributed by atoms with Gasteiger partial charge in [-0.15, -0.1) is 11.6 Å². The number of fused-ring (bicyclic) bond motifs is 1. The predicted molar refractivity (Wildman–Crippen MR) is 83.4 cm³/mol. The van der Waals surface area contributed by atoms with Gasteiger partial charge in [0.1, 0.15) is 5.82 Å². The minimum Gasteiger partial charge on any atom is -0.378 e. The van der Waals surface area contributed by atoms with E-state index < -0.39 is 0 Å². The molecule has 6 heteroatoms. The van der Waals surface area contributed by atoms with Crippen LogP contribution in [0.3, 0.4) is 0 Å². The van der Waals surface area contributed by atoms with Crippen LogP contribution in [0.4, 0.5) is 0 Å². The second-order valence-electron chi connectivity index (χ2n) is 5.04. The number of nitriles is 1. The van der Waals surface area contributed by atoms with E-state index in [1.807, 2.05) is 30.8 Å². The Balaban J connectivity index is 2.11. The lowest BCUT2D eigenvalue weighted by molar-refractivity contribution is 0.111. The Morgan fingerprint density at radius 1 is 1.38 bits per heavy atom. The van der Waals surface area contributed by atoms with Crippen molar-refractivity contribution in [3.05, 3.63) is 29.6 Å². The SMILES string of the molecule is CN(C)CCOCCn1c(CCl)nc2ccc(C#N)cc21. The smallest absolute Gasteiger partial charge is 0.124 e. The Kier molecular flexibility index (Phi) is 5.57. The van der Waals surface area contributed by atoms with Crippen molar-refractivity contribution in [2.75, 3.05) is 33.9 Å². The summed E-state index contributed by atoms with van der Waals surface area (Å²) in [5.74, 6) is 1.15. The molecule has 0 saturated heterocycles. The van der Waals surface area contributed by atoms with Gasteiger partial charge in [-0.3, -0.25) is 0 Å². The third kappa shape index (κ3) is 3.94. The fourth-order valence-electron chi connectivity index (χ4n) is 2.10. The average Bonchev–Trinajstić information content (AvgIpc) is 2.83. The number of imidazole rings is 1. The number of nitrogens with zero attached hydrogens (tertiary/aromatic N) is 4. The highest BCUT2D eigenvalue weighted by Gasteiger charge is 2.10. The van der Waals surface area contributed by atoms with Crippen LogP contribution in [-0.2, 0) is 17.2 Å². The minimum absolute atomic E-state index is 0.342. The maximum atomic E-state index is 9.01. The van der Waals surface area contributed by atoms with Crippen molar-refractivity contribution in [3.63, 3.8) is 0 Å². The second-order valence-corrected chi connectivity index (χ2v) is 5.31. The van der Waals surface area contributed by atoms with Gasteiger partial charge in [-0.2, -0.15) is 5.26 Å². The predicted octanol–water partition coefficient (Wildman–Crippen LogP) is 2.22. The van der Waals surface area contributed by atoms with Gasteiger partial charge in [-0.25, -0.2) is 4.98 Å². The van der Waals surface area contributed by atoms with Gasteiger partial charge >= 0.3 is 0 Å². The molecule has 0 bridgehead atoms. The van der Waals surface area contributed by atoms with Crippen LogP contribution >= 0.6 is 11.6 Å². The van der Waals surface area contributed by atoms with Crippen LogP contribution < -0.4 is 0 Å². The summed E-state index contributed by atoms with van der Waals surface area (Å²) in [5, 5.41) is 9.01. The zero-order valence-corrected chi connectivity index (χ0v) is 13.1. The van der Waals surface area contributed by atoms with Crippen molar-refractivity contribution in [2.45, 2.75) is 12.4 Å². The molecule has 0 aliphatic carbocycles. The summed E-state index contributed by atoms with van der Waals surface area (Å²) in [7, 11) is 4.03. The standard InChI is InChI=1S/C15H19ClN4O/c1-19(2)5-7-21-8-6-20-14-9-12(11-17)3-4-13(14)18-15(20)10-16/h3-4,9H,5-8,10H2,1-2H3. The fraction of sp³-hybridized carbons (Fsp3) is 0.467. The van der Waals surface area contributed by atoms with E-state index in [-0.39, 0.29) is 0 Å². The molecule has 0 N–H and O–H groups in total. The molecule has 0 aliphatic heterocycles. The summed E-state index contributed by atoms with van der Waals surface area (Å²) < 4.78 is 7.65. The van der Waals surface area contributed by atoms with Gasteiger partial charge in [0.2, 0.25) is 0 Å². The molecule has 0 atom stereocenters. The molecule has 21 heavy (non-hydrogen) atoms. The van der Waals surface area contributed by atoms with Crippen LogP contribution in [0.5, 0.6) is 0 Å². The van der Waals surface area contributed by atoms with Crippen LogP contribution in [0.2, 0.25) is 0 Å². The summed E-state index contributed by atoms with van der Waals surface area (Å²) >= 11 is 5.96. The largest absolute Gasteiger partial charge is 0.378 e. The topological polar surface area (TPSA) is 54.1 Å². The first-order valence-corrected chi connectivity index (χ1v) is 7.37. The third-order valence-corrected chi connectivity index (χ3v) is 3.46. The van der Waals surface area contributed by atoms with E-state index in [4.69, 9.17) is 21.6 Å². The number of halogens is 1. The van der Waals surface area contributed by atoms with E-state index in [0.717, 1.165) is 23.4 Å². The maximum absolute atomic E-state index is 9.01. The van der Waals surface area contributed by atoms with E-state index >= 15 is 0 Å². The Morgan fingerprint density at radius 2 is 2.19 bits per heavy atom. The molecule has 112 valence electrons. The summed E-state index contributed by atoms with van der Waals surface area (Å²) in [6.07, 6.45) is 0. The number of aromatic nitrogens is 2. The summed E-state index contributed by atoms with van der Waals surface area (Å²) in [6, 6.07) is 7.62. The number of rotatable bonds is 7. The van der Waals surface area contributed by atoms with Gasteiger partial charge in [0.25, 0.3) is 0 Å². The highest BCUT2D eigenvalue weighted by molar-refractivity contribution is 6.16. The van der Waals surface area contributed by atoms with E-state index in [2.05, 4.69) is 16.0 Å². The van der Waals surface area contributed by atoms with Crippen molar-refractivity contribution in [1.82, 2.24) is 14.5 Å². The first-order valence-electron chi connectivity index (χ1n) is 6.83. The highest BCUT2D eigenvalue weighted by Crippen LogP contribution is 2.19. The molecule has 1 heterocycles. The molecule has 0 amide bonds. The normalized spacial score (nSPS) is 11.2. The second kappa shape index (κ2) is 7.41. The van der Waals surface area contributed by atoms with Crippen molar-refractivity contribution in [1.29, 1.82) is 5.26 Å². The number of hydrogen-bond acceptors (Lipinski definition) is 4. The van der Waals surface area contributed by atoms with Crippen LogP contribution in [0, 0.1) is 11.3 Å². The average molecular weight is 307 g/mol. The van der Waals surface area contributed by atoms with Crippen LogP contribution in [0.15, 0.2) is 18.2 Å². The molecule has 2 aromatic rings. The zero-order chi connectivity index (χ0) is 15.2. The molecule has 2 rings (SSSR count). The van der Waals surface area contributed by atoms with E-state index in [1.165, 1.54) is 0 Å². The van der Waals surface area contributed by atoms with Crippen LogP contribution in [-0.4, -0.2) is 48.3 Å². The van der Waals surface area contributed by atoms with Crippen LogP contribution in [0.25, 0.3) is 11.0 Å².